The Morgan fingerprint density at radius 2 is 2.09 bits per heavy atom. The first-order chi connectivity index (χ1) is 5.29. The molecule has 0 bridgehead atoms. The van der Waals surface area contributed by atoms with E-state index in [1.165, 1.54) is 16.8 Å². The second-order valence-electron chi connectivity index (χ2n) is 2.94. The number of hydrogen-bond donors (Lipinski definition) is 1. The number of hydrogen-bond acceptors (Lipinski definition) is 1. The largest absolute Gasteiger partial charge is 0.378 e. The van der Waals surface area contributed by atoms with Crippen LogP contribution in [0.2, 0.25) is 0 Å². The Balaban J connectivity index is 2.55. The fourth-order valence-corrected chi connectivity index (χ4v) is 1.44. The summed E-state index contributed by atoms with van der Waals surface area (Å²) in [6.45, 7) is 6.14. The standard InChI is InChI=1S/C10H11N/c1-7-8(2)11-10-6-4-3-5-9(7)10/h3-6,8,11H,1H2,2H3. The van der Waals surface area contributed by atoms with E-state index in [-0.39, 0.29) is 0 Å². The van der Waals surface area contributed by atoms with Crippen LogP contribution in [0.25, 0.3) is 5.57 Å². The Morgan fingerprint density at radius 3 is 2.82 bits per heavy atom. The molecule has 0 radical (unpaired) electrons. The van der Waals surface area contributed by atoms with E-state index in [0.29, 0.717) is 6.04 Å². The van der Waals surface area contributed by atoms with Crippen molar-refractivity contribution in [1.82, 2.24) is 0 Å². The number of anilines is 1. The SMILES string of the molecule is C=C1c2ccccc2NC1C. The van der Waals surface area contributed by atoms with Crippen LogP contribution in [-0.4, -0.2) is 6.04 Å². The summed E-state index contributed by atoms with van der Waals surface area (Å²) in [4.78, 5) is 0. The molecular formula is C10H11N. The van der Waals surface area contributed by atoms with E-state index in [0.717, 1.165) is 0 Å². The highest BCUT2D eigenvalue weighted by Gasteiger charge is 2.19. The highest BCUT2D eigenvalue weighted by atomic mass is 14.9. The normalized spacial score (nSPS) is 21.2. The van der Waals surface area contributed by atoms with Crippen LogP contribution in [-0.2, 0) is 0 Å². The summed E-state index contributed by atoms with van der Waals surface area (Å²) < 4.78 is 0. The Labute approximate surface area is 66.7 Å². The van der Waals surface area contributed by atoms with E-state index >= 15 is 0 Å². The molecule has 0 aliphatic carbocycles. The van der Waals surface area contributed by atoms with Crippen molar-refractivity contribution in [1.29, 1.82) is 0 Å². The third-order valence-corrected chi connectivity index (χ3v) is 2.17. The minimum Gasteiger partial charge on any atom is -0.378 e. The van der Waals surface area contributed by atoms with Crippen molar-refractivity contribution in [2.45, 2.75) is 13.0 Å². The molecule has 1 N–H and O–H groups in total. The molecule has 1 unspecified atom stereocenters. The minimum absolute atomic E-state index is 0.396. The molecule has 0 aromatic heterocycles. The molecule has 1 heteroatoms. The molecular weight excluding hydrogens is 134 g/mol. The van der Waals surface area contributed by atoms with Crippen molar-refractivity contribution in [2.75, 3.05) is 5.32 Å². The summed E-state index contributed by atoms with van der Waals surface area (Å²) in [5.74, 6) is 0. The van der Waals surface area contributed by atoms with Crippen LogP contribution in [0.15, 0.2) is 30.8 Å². The van der Waals surface area contributed by atoms with E-state index in [2.05, 4.69) is 31.0 Å². The lowest BCUT2D eigenvalue weighted by Gasteiger charge is -2.02. The van der Waals surface area contributed by atoms with Gasteiger partial charge in [0, 0.05) is 17.3 Å². The van der Waals surface area contributed by atoms with Crippen LogP contribution in [0.5, 0.6) is 0 Å². The van der Waals surface area contributed by atoms with Gasteiger partial charge in [-0.15, -0.1) is 0 Å². The van der Waals surface area contributed by atoms with E-state index in [1.54, 1.807) is 0 Å². The number of rotatable bonds is 0. The first kappa shape index (κ1) is 6.47. The molecule has 1 nitrogen and oxygen atoms in total. The highest BCUT2D eigenvalue weighted by Crippen LogP contribution is 2.32. The van der Waals surface area contributed by atoms with Crippen molar-refractivity contribution in [3.63, 3.8) is 0 Å². The van der Waals surface area contributed by atoms with Gasteiger partial charge in [0.15, 0.2) is 0 Å². The van der Waals surface area contributed by atoms with Gasteiger partial charge in [-0.2, -0.15) is 0 Å². The summed E-state index contributed by atoms with van der Waals surface area (Å²) in [5, 5.41) is 3.35. The summed E-state index contributed by atoms with van der Waals surface area (Å²) in [5.41, 5.74) is 3.67. The van der Waals surface area contributed by atoms with Gasteiger partial charge in [-0.3, -0.25) is 0 Å². The molecule has 1 aromatic carbocycles. The van der Waals surface area contributed by atoms with Crippen LogP contribution in [0.3, 0.4) is 0 Å². The zero-order valence-corrected chi connectivity index (χ0v) is 6.59. The minimum atomic E-state index is 0.396. The molecule has 1 aliphatic rings. The number of nitrogens with one attached hydrogen (secondary N) is 1. The van der Waals surface area contributed by atoms with E-state index in [9.17, 15) is 0 Å². The van der Waals surface area contributed by atoms with Gasteiger partial charge in [0.2, 0.25) is 0 Å². The lowest BCUT2D eigenvalue weighted by atomic mass is 10.1. The van der Waals surface area contributed by atoms with Gasteiger partial charge < -0.3 is 5.32 Å². The zero-order valence-electron chi connectivity index (χ0n) is 6.59. The van der Waals surface area contributed by atoms with E-state index < -0.39 is 0 Å². The van der Waals surface area contributed by atoms with Crippen LogP contribution in [0.4, 0.5) is 5.69 Å². The van der Waals surface area contributed by atoms with Gasteiger partial charge in [0.1, 0.15) is 0 Å². The Kier molecular flexibility index (Phi) is 1.25. The van der Waals surface area contributed by atoms with E-state index in [4.69, 9.17) is 0 Å². The molecule has 1 atom stereocenters. The number of benzene rings is 1. The van der Waals surface area contributed by atoms with Gasteiger partial charge >= 0.3 is 0 Å². The molecule has 0 saturated heterocycles. The lowest BCUT2D eigenvalue weighted by molar-refractivity contribution is 1.06. The van der Waals surface area contributed by atoms with Gasteiger partial charge in [0.05, 0.1) is 0 Å². The molecule has 0 fully saturated rings. The highest BCUT2D eigenvalue weighted by molar-refractivity contribution is 5.85. The van der Waals surface area contributed by atoms with Crippen molar-refractivity contribution < 1.29 is 0 Å². The van der Waals surface area contributed by atoms with Gasteiger partial charge in [0.25, 0.3) is 0 Å². The number of para-hydroxylation sites is 1. The predicted octanol–water partition coefficient (Wildman–Crippen LogP) is 2.51. The maximum absolute atomic E-state index is 4.01. The quantitative estimate of drug-likeness (QED) is 0.591. The smallest absolute Gasteiger partial charge is 0.0486 e. The molecule has 56 valence electrons. The molecule has 2 rings (SSSR count). The van der Waals surface area contributed by atoms with Crippen molar-refractivity contribution in [3.05, 3.63) is 36.4 Å². The second kappa shape index (κ2) is 2.12. The molecule has 0 amide bonds. The summed E-state index contributed by atoms with van der Waals surface area (Å²) >= 11 is 0. The fraction of sp³-hybridized carbons (Fsp3) is 0.200. The van der Waals surface area contributed by atoms with Gasteiger partial charge in [-0.1, -0.05) is 24.8 Å². The van der Waals surface area contributed by atoms with Crippen molar-refractivity contribution in [2.24, 2.45) is 0 Å². The zero-order chi connectivity index (χ0) is 7.84. The molecule has 1 aromatic rings. The Hall–Kier alpha value is -1.24. The second-order valence-corrected chi connectivity index (χ2v) is 2.94. The summed E-state index contributed by atoms with van der Waals surface area (Å²) in [6, 6.07) is 8.67. The van der Waals surface area contributed by atoms with Crippen LogP contribution in [0, 0.1) is 0 Å². The molecule has 0 saturated carbocycles. The van der Waals surface area contributed by atoms with Crippen molar-refractivity contribution >= 4 is 11.3 Å². The first-order valence-corrected chi connectivity index (χ1v) is 3.84. The average molecular weight is 145 g/mol. The van der Waals surface area contributed by atoms with Crippen LogP contribution < -0.4 is 5.32 Å². The van der Waals surface area contributed by atoms with E-state index in [1.807, 2.05) is 12.1 Å². The maximum atomic E-state index is 4.01. The molecule has 0 spiro atoms. The number of fused-ring (bicyclic) bond motifs is 1. The lowest BCUT2D eigenvalue weighted by Crippen LogP contribution is -2.07. The Morgan fingerprint density at radius 1 is 1.36 bits per heavy atom. The van der Waals surface area contributed by atoms with Crippen LogP contribution in [0.1, 0.15) is 12.5 Å². The molecule has 1 heterocycles. The molecule has 1 aliphatic heterocycles. The van der Waals surface area contributed by atoms with Crippen LogP contribution >= 0.6 is 0 Å². The fourth-order valence-electron chi connectivity index (χ4n) is 1.44. The third-order valence-electron chi connectivity index (χ3n) is 2.17. The summed E-state index contributed by atoms with van der Waals surface area (Å²) in [7, 11) is 0. The average Bonchev–Trinajstić information content (AvgIpc) is 2.30. The first-order valence-electron chi connectivity index (χ1n) is 3.84. The van der Waals surface area contributed by atoms with Gasteiger partial charge in [-0.25, -0.2) is 0 Å². The predicted molar refractivity (Wildman–Crippen MR) is 48.6 cm³/mol. The summed E-state index contributed by atoms with van der Waals surface area (Å²) in [6.07, 6.45) is 0. The Bertz CT molecular complexity index is 301. The third kappa shape index (κ3) is 0.845. The maximum Gasteiger partial charge on any atom is 0.0486 e. The monoisotopic (exact) mass is 145 g/mol. The molecule has 11 heavy (non-hydrogen) atoms. The van der Waals surface area contributed by atoms with Gasteiger partial charge in [-0.05, 0) is 18.6 Å². The van der Waals surface area contributed by atoms with Crippen molar-refractivity contribution in [3.8, 4) is 0 Å². The topological polar surface area (TPSA) is 12.0 Å².